The zero-order valence-corrected chi connectivity index (χ0v) is 14.7. The molecule has 0 unspecified atom stereocenters. The molecule has 132 valence electrons. The first-order valence-corrected chi connectivity index (χ1v) is 8.63. The molecule has 0 spiro atoms. The lowest BCUT2D eigenvalue weighted by molar-refractivity contribution is -0.141. The third-order valence-corrected chi connectivity index (χ3v) is 4.38. The van der Waals surface area contributed by atoms with Crippen LogP contribution in [-0.2, 0) is 22.4 Å². The topological polar surface area (TPSA) is 66.4 Å². The Bertz CT molecular complexity index is 955. The van der Waals surface area contributed by atoms with E-state index >= 15 is 0 Å². The van der Waals surface area contributed by atoms with Crippen molar-refractivity contribution >= 4 is 34.2 Å². The van der Waals surface area contributed by atoms with E-state index < -0.39 is 12.0 Å². The Hall–Kier alpha value is -2.85. The Morgan fingerprint density at radius 1 is 0.923 bits per heavy atom. The first-order chi connectivity index (χ1) is 12.5. The molecule has 3 aromatic rings. The molecule has 0 aromatic heterocycles. The number of rotatable bonds is 6. The third kappa shape index (κ3) is 4.61. The van der Waals surface area contributed by atoms with Crippen LogP contribution in [0.4, 0.5) is 0 Å². The van der Waals surface area contributed by atoms with Crippen molar-refractivity contribution in [3.8, 4) is 0 Å². The molecule has 1 atom stereocenters. The van der Waals surface area contributed by atoms with Gasteiger partial charge in [0.05, 0.1) is 6.42 Å². The van der Waals surface area contributed by atoms with Crippen LogP contribution in [0.3, 0.4) is 0 Å². The van der Waals surface area contributed by atoms with Gasteiger partial charge in [0.2, 0.25) is 5.91 Å². The lowest BCUT2D eigenvalue weighted by Gasteiger charge is -2.15. The number of hydrogen-bond acceptors (Lipinski definition) is 2. The number of carbonyl (C=O) groups excluding carboxylic acids is 1. The van der Waals surface area contributed by atoms with E-state index in [1.807, 2.05) is 42.5 Å². The van der Waals surface area contributed by atoms with Crippen LogP contribution in [0.1, 0.15) is 11.1 Å². The largest absolute Gasteiger partial charge is 0.480 e. The Morgan fingerprint density at radius 3 is 2.42 bits per heavy atom. The monoisotopic (exact) mass is 367 g/mol. The molecule has 0 heterocycles. The van der Waals surface area contributed by atoms with Gasteiger partial charge in [-0.05, 0) is 34.0 Å². The number of aliphatic carboxylic acids is 1. The predicted molar refractivity (Wildman–Crippen MR) is 102 cm³/mol. The molecule has 0 saturated carbocycles. The summed E-state index contributed by atoms with van der Waals surface area (Å²) in [5, 5.41) is 14.7. The summed E-state index contributed by atoms with van der Waals surface area (Å²) in [5.74, 6) is -1.40. The van der Waals surface area contributed by atoms with Gasteiger partial charge in [0.15, 0.2) is 0 Å². The van der Waals surface area contributed by atoms with Crippen molar-refractivity contribution in [3.05, 3.63) is 82.9 Å². The van der Waals surface area contributed by atoms with Crippen LogP contribution in [0.2, 0.25) is 5.02 Å². The molecule has 0 saturated heterocycles. The summed E-state index contributed by atoms with van der Waals surface area (Å²) >= 11 is 5.93. The van der Waals surface area contributed by atoms with Crippen LogP contribution in [0.15, 0.2) is 66.7 Å². The van der Waals surface area contributed by atoms with Gasteiger partial charge in [-0.3, -0.25) is 4.79 Å². The van der Waals surface area contributed by atoms with Gasteiger partial charge in [-0.1, -0.05) is 66.2 Å². The maximum atomic E-state index is 12.3. The zero-order valence-electron chi connectivity index (χ0n) is 14.0. The molecule has 0 fully saturated rings. The average molecular weight is 368 g/mol. The van der Waals surface area contributed by atoms with E-state index in [2.05, 4.69) is 5.32 Å². The summed E-state index contributed by atoms with van der Waals surface area (Å²) in [6, 6.07) is 19.6. The van der Waals surface area contributed by atoms with Crippen molar-refractivity contribution < 1.29 is 14.7 Å². The van der Waals surface area contributed by atoms with Gasteiger partial charge in [-0.15, -0.1) is 0 Å². The first-order valence-electron chi connectivity index (χ1n) is 8.25. The normalized spacial score (nSPS) is 11.9. The van der Waals surface area contributed by atoms with Gasteiger partial charge in [0, 0.05) is 11.4 Å². The minimum atomic E-state index is -1.07. The highest BCUT2D eigenvalue weighted by atomic mass is 35.5. The fraction of sp³-hybridized carbons (Fsp3) is 0.143. The van der Waals surface area contributed by atoms with Crippen LogP contribution in [-0.4, -0.2) is 23.0 Å². The van der Waals surface area contributed by atoms with Gasteiger partial charge in [0.25, 0.3) is 0 Å². The number of amides is 1. The van der Waals surface area contributed by atoms with Crippen LogP contribution >= 0.6 is 11.6 Å². The van der Waals surface area contributed by atoms with E-state index in [0.29, 0.717) is 5.02 Å². The molecule has 4 nitrogen and oxygen atoms in total. The summed E-state index contributed by atoms with van der Waals surface area (Å²) in [6.45, 7) is 0. The van der Waals surface area contributed by atoms with Crippen LogP contribution in [0, 0.1) is 0 Å². The van der Waals surface area contributed by atoms with Crippen molar-refractivity contribution in [1.29, 1.82) is 0 Å². The molecule has 0 aliphatic rings. The number of benzene rings is 3. The molecular weight excluding hydrogens is 350 g/mol. The second-order valence-corrected chi connectivity index (χ2v) is 6.59. The van der Waals surface area contributed by atoms with E-state index in [1.54, 1.807) is 24.3 Å². The standard InChI is InChI=1S/C21H18ClNO3/c22-18-7-3-4-14(11-18)12-19(21(25)26)23-20(24)13-15-8-9-16-5-1-2-6-17(16)10-15/h1-11,19H,12-13H2,(H,23,24)(H,25,26)/t19-/m0/s1. The Balaban J connectivity index is 1.68. The number of halogens is 1. The highest BCUT2D eigenvalue weighted by Crippen LogP contribution is 2.16. The molecule has 26 heavy (non-hydrogen) atoms. The number of nitrogens with one attached hydrogen (secondary N) is 1. The Kier molecular flexibility index (Phi) is 5.54. The minimum Gasteiger partial charge on any atom is -0.480 e. The Labute approximate surface area is 156 Å². The summed E-state index contributed by atoms with van der Waals surface area (Å²) in [4.78, 5) is 23.8. The van der Waals surface area contributed by atoms with E-state index in [1.165, 1.54) is 0 Å². The Morgan fingerprint density at radius 2 is 1.69 bits per heavy atom. The van der Waals surface area contributed by atoms with Crippen molar-refractivity contribution in [3.63, 3.8) is 0 Å². The molecule has 3 rings (SSSR count). The molecule has 2 N–H and O–H groups in total. The van der Waals surface area contributed by atoms with E-state index in [-0.39, 0.29) is 18.7 Å². The van der Waals surface area contributed by atoms with Gasteiger partial charge in [0.1, 0.15) is 6.04 Å². The lowest BCUT2D eigenvalue weighted by Crippen LogP contribution is -2.43. The molecule has 0 aliphatic heterocycles. The van der Waals surface area contributed by atoms with E-state index in [0.717, 1.165) is 21.9 Å². The second kappa shape index (κ2) is 8.02. The zero-order chi connectivity index (χ0) is 18.5. The summed E-state index contributed by atoms with van der Waals surface area (Å²) in [5.41, 5.74) is 1.60. The van der Waals surface area contributed by atoms with Gasteiger partial charge in [-0.25, -0.2) is 4.79 Å². The summed E-state index contributed by atoms with van der Waals surface area (Å²) in [6.07, 6.45) is 0.309. The molecule has 0 aliphatic carbocycles. The first kappa shape index (κ1) is 18.0. The smallest absolute Gasteiger partial charge is 0.326 e. The van der Waals surface area contributed by atoms with Gasteiger partial charge in [-0.2, -0.15) is 0 Å². The van der Waals surface area contributed by atoms with Gasteiger partial charge < -0.3 is 10.4 Å². The van der Waals surface area contributed by atoms with Gasteiger partial charge >= 0.3 is 5.97 Å². The highest BCUT2D eigenvalue weighted by Gasteiger charge is 2.20. The molecule has 5 heteroatoms. The number of carbonyl (C=O) groups is 2. The van der Waals surface area contributed by atoms with Crippen LogP contribution < -0.4 is 5.32 Å². The highest BCUT2D eigenvalue weighted by molar-refractivity contribution is 6.30. The number of fused-ring (bicyclic) bond motifs is 1. The predicted octanol–water partition coefficient (Wildman–Crippen LogP) is 3.85. The fourth-order valence-corrected chi connectivity index (χ4v) is 3.09. The molecular formula is C21H18ClNO3. The van der Waals surface area contributed by atoms with Crippen molar-refractivity contribution in [2.75, 3.05) is 0 Å². The molecule has 1 amide bonds. The van der Waals surface area contributed by atoms with E-state index in [4.69, 9.17) is 11.6 Å². The third-order valence-electron chi connectivity index (χ3n) is 4.14. The van der Waals surface area contributed by atoms with Crippen LogP contribution in [0.25, 0.3) is 10.8 Å². The fourth-order valence-electron chi connectivity index (χ4n) is 2.88. The maximum absolute atomic E-state index is 12.3. The molecule has 0 bridgehead atoms. The van der Waals surface area contributed by atoms with Crippen molar-refractivity contribution in [2.24, 2.45) is 0 Å². The summed E-state index contributed by atoms with van der Waals surface area (Å²) in [7, 11) is 0. The number of carboxylic acid groups (broad SMARTS) is 1. The van der Waals surface area contributed by atoms with E-state index in [9.17, 15) is 14.7 Å². The number of hydrogen-bond donors (Lipinski definition) is 2. The molecule has 3 aromatic carbocycles. The average Bonchev–Trinajstić information content (AvgIpc) is 2.61. The van der Waals surface area contributed by atoms with Crippen molar-refractivity contribution in [2.45, 2.75) is 18.9 Å². The lowest BCUT2D eigenvalue weighted by atomic mass is 10.0. The van der Waals surface area contributed by atoms with Crippen LogP contribution in [0.5, 0.6) is 0 Å². The maximum Gasteiger partial charge on any atom is 0.326 e. The van der Waals surface area contributed by atoms with Crippen molar-refractivity contribution in [1.82, 2.24) is 5.32 Å². The SMILES string of the molecule is O=C(Cc1ccc2ccccc2c1)N[C@@H](Cc1cccc(Cl)c1)C(=O)O. The molecule has 0 radical (unpaired) electrons. The second-order valence-electron chi connectivity index (χ2n) is 6.15. The minimum absolute atomic E-state index is 0.129. The summed E-state index contributed by atoms with van der Waals surface area (Å²) < 4.78 is 0. The number of carboxylic acids is 1. The quantitative estimate of drug-likeness (QED) is 0.695.